The molecule has 0 unspecified atom stereocenters. The van der Waals surface area contributed by atoms with Crippen molar-refractivity contribution in [2.45, 2.75) is 32.1 Å². The number of rotatable bonds is 5. The number of carbonyl (C=O) groups excluding carboxylic acids is 2. The summed E-state index contributed by atoms with van der Waals surface area (Å²) in [5, 5.41) is 1.63. The Kier molecular flexibility index (Phi) is 4.95. The van der Waals surface area contributed by atoms with E-state index >= 15 is 0 Å². The summed E-state index contributed by atoms with van der Waals surface area (Å²) >= 11 is 0. The average molecular weight is 355 g/mol. The van der Waals surface area contributed by atoms with E-state index in [0.717, 1.165) is 17.0 Å². The van der Waals surface area contributed by atoms with Crippen LogP contribution in [-0.4, -0.2) is 24.6 Å². The SMILES string of the molecule is COc1ccc([C@H]2C[C@](OC(C)=O)(C(C)=O)ON2c2ccccc2)cc1. The van der Waals surface area contributed by atoms with Crippen LogP contribution in [-0.2, 0) is 19.2 Å². The number of methoxy groups -OCH3 is 1. The first kappa shape index (κ1) is 17.9. The summed E-state index contributed by atoms with van der Waals surface area (Å²) in [6.07, 6.45) is 0.198. The third-order valence-corrected chi connectivity index (χ3v) is 4.35. The molecule has 0 radical (unpaired) electrons. The Morgan fingerprint density at radius 1 is 1.08 bits per heavy atom. The molecule has 1 aliphatic heterocycles. The lowest BCUT2D eigenvalue weighted by atomic mass is 9.97. The molecule has 6 heteroatoms. The van der Waals surface area contributed by atoms with Crippen molar-refractivity contribution in [3.63, 3.8) is 0 Å². The highest BCUT2D eigenvalue weighted by molar-refractivity contribution is 5.86. The van der Waals surface area contributed by atoms with Crippen molar-refractivity contribution in [1.82, 2.24) is 0 Å². The molecule has 1 aliphatic rings. The van der Waals surface area contributed by atoms with Crippen molar-refractivity contribution < 1.29 is 23.9 Å². The van der Waals surface area contributed by atoms with E-state index in [4.69, 9.17) is 14.3 Å². The smallest absolute Gasteiger partial charge is 0.305 e. The fraction of sp³-hybridized carbons (Fsp3) is 0.300. The predicted octanol–water partition coefficient (Wildman–Crippen LogP) is 3.43. The van der Waals surface area contributed by atoms with E-state index in [1.807, 2.05) is 54.6 Å². The topological polar surface area (TPSA) is 65.1 Å². The van der Waals surface area contributed by atoms with Gasteiger partial charge in [0.15, 0.2) is 0 Å². The van der Waals surface area contributed by atoms with Crippen molar-refractivity contribution in [3.8, 4) is 5.75 Å². The summed E-state index contributed by atoms with van der Waals surface area (Å²) in [7, 11) is 1.60. The average Bonchev–Trinajstić information content (AvgIpc) is 3.03. The summed E-state index contributed by atoms with van der Waals surface area (Å²) in [6.45, 7) is 2.63. The molecule has 136 valence electrons. The second-order valence-corrected chi connectivity index (χ2v) is 6.15. The van der Waals surface area contributed by atoms with Crippen LogP contribution in [0.3, 0.4) is 0 Å². The summed E-state index contributed by atoms with van der Waals surface area (Å²) in [5.74, 6) is -1.82. The van der Waals surface area contributed by atoms with Crippen LogP contribution in [0.15, 0.2) is 54.6 Å². The third-order valence-electron chi connectivity index (χ3n) is 4.35. The molecule has 0 aliphatic carbocycles. The van der Waals surface area contributed by atoms with Gasteiger partial charge in [-0.15, -0.1) is 0 Å². The number of hydroxylamine groups is 1. The number of para-hydroxylation sites is 1. The Balaban J connectivity index is 2.02. The van der Waals surface area contributed by atoms with Crippen LogP contribution >= 0.6 is 0 Å². The number of ether oxygens (including phenoxy) is 2. The Hall–Kier alpha value is -2.86. The van der Waals surface area contributed by atoms with E-state index in [0.29, 0.717) is 0 Å². The van der Waals surface area contributed by atoms with Crippen LogP contribution in [0.2, 0.25) is 0 Å². The maximum Gasteiger partial charge on any atom is 0.305 e. The van der Waals surface area contributed by atoms with Crippen molar-refractivity contribution in [1.29, 1.82) is 0 Å². The van der Waals surface area contributed by atoms with Gasteiger partial charge in [0.2, 0.25) is 5.78 Å². The molecule has 26 heavy (non-hydrogen) atoms. The number of hydrogen-bond donors (Lipinski definition) is 0. The molecular weight excluding hydrogens is 334 g/mol. The fourth-order valence-corrected chi connectivity index (χ4v) is 3.06. The molecule has 1 fully saturated rings. The van der Waals surface area contributed by atoms with Gasteiger partial charge in [0, 0.05) is 13.8 Å². The van der Waals surface area contributed by atoms with Crippen molar-refractivity contribution in [2.75, 3.05) is 12.2 Å². The normalized spacial score (nSPS) is 22.1. The number of hydrogen-bond acceptors (Lipinski definition) is 6. The van der Waals surface area contributed by atoms with Gasteiger partial charge in [-0.05, 0) is 29.8 Å². The van der Waals surface area contributed by atoms with Gasteiger partial charge < -0.3 is 9.47 Å². The first-order valence-corrected chi connectivity index (χ1v) is 8.33. The molecule has 0 aromatic heterocycles. The summed E-state index contributed by atoms with van der Waals surface area (Å²) in [4.78, 5) is 29.8. The number of Topliss-reactive ketones (excluding diaryl/α,β-unsaturated/α-hetero) is 1. The van der Waals surface area contributed by atoms with E-state index in [1.165, 1.54) is 13.8 Å². The highest BCUT2D eigenvalue weighted by Crippen LogP contribution is 2.44. The number of esters is 1. The molecule has 0 spiro atoms. The van der Waals surface area contributed by atoms with Crippen LogP contribution in [0.4, 0.5) is 5.69 Å². The first-order chi connectivity index (χ1) is 12.4. The van der Waals surface area contributed by atoms with Crippen molar-refractivity contribution >= 4 is 17.4 Å². The highest BCUT2D eigenvalue weighted by Gasteiger charge is 2.53. The molecule has 0 amide bonds. The Morgan fingerprint density at radius 2 is 1.73 bits per heavy atom. The number of carbonyl (C=O) groups is 2. The van der Waals surface area contributed by atoms with Gasteiger partial charge in [0.25, 0.3) is 5.79 Å². The summed E-state index contributed by atoms with van der Waals surface area (Å²) in [6, 6.07) is 16.6. The maximum absolute atomic E-state index is 12.3. The summed E-state index contributed by atoms with van der Waals surface area (Å²) in [5.41, 5.74) is 1.69. The van der Waals surface area contributed by atoms with Gasteiger partial charge in [-0.3, -0.25) is 9.59 Å². The molecule has 2 aromatic rings. The van der Waals surface area contributed by atoms with Crippen LogP contribution in [0.5, 0.6) is 5.75 Å². The Morgan fingerprint density at radius 3 is 2.27 bits per heavy atom. The van der Waals surface area contributed by atoms with Crippen LogP contribution < -0.4 is 9.80 Å². The van der Waals surface area contributed by atoms with Gasteiger partial charge >= 0.3 is 5.97 Å². The number of ketones is 1. The zero-order chi connectivity index (χ0) is 18.7. The minimum Gasteiger partial charge on any atom is -0.497 e. The van der Waals surface area contributed by atoms with E-state index in [-0.39, 0.29) is 18.2 Å². The molecule has 1 saturated heterocycles. The number of nitrogens with zero attached hydrogens (tertiary/aromatic N) is 1. The molecule has 2 aromatic carbocycles. The molecule has 2 atom stereocenters. The molecule has 1 heterocycles. The Bertz CT molecular complexity index is 790. The zero-order valence-corrected chi connectivity index (χ0v) is 15.0. The van der Waals surface area contributed by atoms with Gasteiger partial charge in [-0.1, -0.05) is 30.3 Å². The number of anilines is 1. The second kappa shape index (κ2) is 7.17. The fourth-order valence-electron chi connectivity index (χ4n) is 3.06. The van der Waals surface area contributed by atoms with Crippen LogP contribution in [0, 0.1) is 0 Å². The van der Waals surface area contributed by atoms with Gasteiger partial charge in [-0.25, -0.2) is 9.90 Å². The van der Waals surface area contributed by atoms with Crippen LogP contribution in [0.1, 0.15) is 31.9 Å². The van der Waals surface area contributed by atoms with Gasteiger partial charge in [0.05, 0.1) is 25.3 Å². The lowest BCUT2D eigenvalue weighted by Gasteiger charge is -2.27. The maximum atomic E-state index is 12.3. The van der Waals surface area contributed by atoms with Gasteiger partial charge in [-0.2, -0.15) is 0 Å². The summed E-state index contributed by atoms with van der Waals surface area (Å²) < 4.78 is 10.5. The lowest BCUT2D eigenvalue weighted by molar-refractivity contribution is -0.213. The van der Waals surface area contributed by atoms with Crippen molar-refractivity contribution in [3.05, 3.63) is 60.2 Å². The van der Waals surface area contributed by atoms with Gasteiger partial charge in [0.1, 0.15) is 5.75 Å². The molecular formula is C20H21NO5. The minimum atomic E-state index is -1.63. The molecule has 3 rings (SSSR count). The largest absolute Gasteiger partial charge is 0.497 e. The quantitative estimate of drug-likeness (QED) is 0.766. The molecule has 0 bridgehead atoms. The first-order valence-electron chi connectivity index (χ1n) is 8.33. The van der Waals surface area contributed by atoms with E-state index < -0.39 is 11.8 Å². The van der Waals surface area contributed by atoms with E-state index in [1.54, 1.807) is 12.2 Å². The van der Waals surface area contributed by atoms with E-state index in [2.05, 4.69) is 0 Å². The van der Waals surface area contributed by atoms with Crippen LogP contribution in [0.25, 0.3) is 0 Å². The lowest BCUT2D eigenvalue weighted by Crippen LogP contribution is -2.42. The third kappa shape index (κ3) is 3.41. The second-order valence-electron chi connectivity index (χ2n) is 6.15. The number of benzene rings is 2. The monoisotopic (exact) mass is 355 g/mol. The molecule has 6 nitrogen and oxygen atoms in total. The van der Waals surface area contributed by atoms with Crippen molar-refractivity contribution in [2.24, 2.45) is 0 Å². The molecule has 0 saturated carbocycles. The zero-order valence-electron chi connectivity index (χ0n) is 15.0. The molecule has 0 N–H and O–H groups in total. The highest BCUT2D eigenvalue weighted by atomic mass is 16.8. The Labute approximate surface area is 152 Å². The van der Waals surface area contributed by atoms with E-state index in [9.17, 15) is 9.59 Å². The standard InChI is InChI=1S/C20H21NO5/c1-14(22)20(25-15(2)23)13-19(16-9-11-18(24-3)12-10-16)21(26-20)17-7-5-4-6-8-17/h4-12,19H,13H2,1-3H3/t19-,20-/m1/s1. The predicted molar refractivity (Wildman–Crippen MR) is 95.5 cm³/mol. The minimum absolute atomic E-state index is 0.198.